The van der Waals surface area contributed by atoms with Crippen molar-refractivity contribution in [2.75, 3.05) is 17.6 Å². The molecule has 1 fully saturated rings. The molecular formula is C27H24BF3N2O4S. The van der Waals surface area contributed by atoms with Crippen LogP contribution in [0.2, 0.25) is 0 Å². The first-order valence-electron chi connectivity index (χ1n) is 12.0. The molecule has 6 nitrogen and oxygen atoms in total. The van der Waals surface area contributed by atoms with Gasteiger partial charge in [-0.2, -0.15) is 0 Å². The molecule has 0 saturated heterocycles. The van der Waals surface area contributed by atoms with Gasteiger partial charge in [-0.1, -0.05) is 11.9 Å². The van der Waals surface area contributed by atoms with E-state index in [2.05, 4.69) is 5.32 Å². The Morgan fingerprint density at radius 2 is 1.82 bits per heavy atom. The van der Waals surface area contributed by atoms with Gasteiger partial charge in [-0.25, -0.2) is 13.2 Å². The van der Waals surface area contributed by atoms with E-state index >= 15 is 0 Å². The standard InChI is InChI=1S/C27H24BF3N2O4S/c1-32-27(34)25-19-10-18(14-3-4-14)23(12-24(19)37-26(25)15-5-7-17(29)8-6-15)33(38-2)13-16-9-22(31)20(28(35)36)11-21(16)30/h5-12,14,35-36H,3-4,13H2,1-2H3,(H,32,34). The van der Waals surface area contributed by atoms with Gasteiger partial charge in [0.15, 0.2) is 0 Å². The zero-order chi connectivity index (χ0) is 27.1. The molecule has 1 heterocycles. The summed E-state index contributed by atoms with van der Waals surface area (Å²) in [4.78, 5) is 12.9. The van der Waals surface area contributed by atoms with Gasteiger partial charge < -0.3 is 24.1 Å². The van der Waals surface area contributed by atoms with E-state index in [1.165, 1.54) is 31.1 Å². The number of rotatable bonds is 8. The van der Waals surface area contributed by atoms with E-state index in [4.69, 9.17) is 4.42 Å². The van der Waals surface area contributed by atoms with Crippen molar-refractivity contribution >= 4 is 47.1 Å². The van der Waals surface area contributed by atoms with E-state index < -0.39 is 30.0 Å². The van der Waals surface area contributed by atoms with Crippen LogP contribution in [0.5, 0.6) is 0 Å². The summed E-state index contributed by atoms with van der Waals surface area (Å²) < 4.78 is 50.8. The number of amides is 1. The lowest BCUT2D eigenvalue weighted by molar-refractivity contribution is 0.0964. The van der Waals surface area contributed by atoms with Gasteiger partial charge in [0.25, 0.3) is 5.91 Å². The molecule has 0 spiro atoms. The van der Waals surface area contributed by atoms with Crippen molar-refractivity contribution in [2.24, 2.45) is 0 Å². The van der Waals surface area contributed by atoms with Gasteiger partial charge in [-0.3, -0.25) is 4.79 Å². The minimum absolute atomic E-state index is 0.00915. The summed E-state index contributed by atoms with van der Waals surface area (Å²) in [6.07, 6.45) is 3.71. The lowest BCUT2D eigenvalue weighted by atomic mass is 9.79. The number of fused-ring (bicyclic) bond motifs is 1. The van der Waals surface area contributed by atoms with Crippen LogP contribution >= 0.6 is 11.9 Å². The summed E-state index contributed by atoms with van der Waals surface area (Å²) in [5, 5.41) is 21.8. The van der Waals surface area contributed by atoms with Crippen LogP contribution in [-0.2, 0) is 6.54 Å². The minimum atomic E-state index is -2.12. The maximum atomic E-state index is 14.8. The summed E-state index contributed by atoms with van der Waals surface area (Å²) >= 11 is 1.31. The Bertz CT molecular complexity index is 1520. The Morgan fingerprint density at radius 1 is 1.11 bits per heavy atom. The number of hydrogen-bond acceptors (Lipinski definition) is 6. The first-order valence-corrected chi connectivity index (χ1v) is 13.1. The summed E-state index contributed by atoms with van der Waals surface area (Å²) in [6.45, 7) is -0.00915. The number of carbonyl (C=O) groups is 1. The van der Waals surface area contributed by atoms with E-state index in [1.807, 2.05) is 12.3 Å². The zero-order valence-electron chi connectivity index (χ0n) is 20.6. The summed E-state index contributed by atoms with van der Waals surface area (Å²) in [5.41, 5.74) is 2.50. The second kappa shape index (κ2) is 10.4. The Balaban J connectivity index is 1.63. The Kier molecular flexibility index (Phi) is 7.17. The van der Waals surface area contributed by atoms with Crippen molar-refractivity contribution in [2.45, 2.75) is 25.3 Å². The first kappa shape index (κ1) is 26.2. The highest BCUT2D eigenvalue weighted by atomic mass is 32.2. The topological polar surface area (TPSA) is 85.9 Å². The molecule has 0 atom stereocenters. The van der Waals surface area contributed by atoms with Crippen molar-refractivity contribution in [3.05, 3.63) is 82.7 Å². The van der Waals surface area contributed by atoms with Crippen molar-refractivity contribution in [1.82, 2.24) is 5.32 Å². The highest BCUT2D eigenvalue weighted by Crippen LogP contribution is 2.48. The number of hydrogen-bond donors (Lipinski definition) is 3. The number of anilines is 1. The molecule has 3 aromatic carbocycles. The normalized spacial score (nSPS) is 13.1. The third-order valence-electron chi connectivity index (χ3n) is 6.66. The third-order valence-corrected chi connectivity index (χ3v) is 7.43. The van der Waals surface area contributed by atoms with Crippen LogP contribution in [0.15, 0.2) is 52.9 Å². The molecule has 1 aromatic heterocycles. The maximum Gasteiger partial charge on any atom is 0.491 e. The molecule has 4 aromatic rings. The Morgan fingerprint density at radius 3 is 2.42 bits per heavy atom. The average Bonchev–Trinajstić information content (AvgIpc) is 3.68. The molecule has 3 N–H and O–H groups in total. The smallest absolute Gasteiger partial charge is 0.455 e. The predicted molar refractivity (Wildman–Crippen MR) is 143 cm³/mol. The molecule has 0 bridgehead atoms. The van der Waals surface area contributed by atoms with Crippen molar-refractivity contribution in [3.8, 4) is 11.3 Å². The van der Waals surface area contributed by atoms with Crippen LogP contribution < -0.4 is 15.1 Å². The Hall–Kier alpha value is -3.41. The van der Waals surface area contributed by atoms with Gasteiger partial charge in [0.1, 0.15) is 28.8 Å². The average molecular weight is 540 g/mol. The highest BCUT2D eigenvalue weighted by Gasteiger charge is 2.31. The van der Waals surface area contributed by atoms with Crippen molar-refractivity contribution in [1.29, 1.82) is 0 Å². The van der Waals surface area contributed by atoms with Gasteiger partial charge in [0, 0.05) is 41.3 Å². The molecule has 0 aliphatic heterocycles. The molecule has 1 aliphatic rings. The zero-order valence-corrected chi connectivity index (χ0v) is 21.4. The number of nitrogens with zero attached hydrogens (tertiary/aromatic N) is 1. The highest BCUT2D eigenvalue weighted by molar-refractivity contribution is 7.99. The van der Waals surface area contributed by atoms with Crippen LogP contribution in [0, 0.1) is 17.5 Å². The van der Waals surface area contributed by atoms with E-state index in [-0.39, 0.29) is 23.9 Å². The van der Waals surface area contributed by atoms with Gasteiger partial charge >= 0.3 is 7.12 Å². The maximum absolute atomic E-state index is 14.8. The number of halogens is 3. The van der Waals surface area contributed by atoms with Gasteiger partial charge in [0.05, 0.1) is 17.8 Å². The summed E-state index contributed by atoms with van der Waals surface area (Å²) in [5.74, 6) is -1.89. The number of carbonyl (C=O) groups excluding carboxylic acids is 1. The number of benzene rings is 3. The molecule has 1 amide bonds. The molecule has 38 heavy (non-hydrogen) atoms. The molecule has 0 unspecified atom stereocenters. The fourth-order valence-electron chi connectivity index (χ4n) is 4.57. The molecule has 1 aliphatic carbocycles. The van der Waals surface area contributed by atoms with E-state index in [9.17, 15) is 28.0 Å². The second-order valence-corrected chi connectivity index (χ2v) is 9.94. The third kappa shape index (κ3) is 4.89. The largest absolute Gasteiger partial charge is 0.491 e. The molecule has 5 rings (SSSR count). The lowest BCUT2D eigenvalue weighted by Crippen LogP contribution is -2.33. The summed E-state index contributed by atoms with van der Waals surface area (Å²) in [6, 6.07) is 11.1. The summed E-state index contributed by atoms with van der Waals surface area (Å²) in [7, 11) is -0.599. The lowest BCUT2D eigenvalue weighted by Gasteiger charge is -2.25. The Labute approximate surface area is 221 Å². The van der Waals surface area contributed by atoms with Crippen LogP contribution in [-0.4, -0.2) is 36.4 Å². The van der Waals surface area contributed by atoms with Gasteiger partial charge in [0.2, 0.25) is 0 Å². The monoisotopic (exact) mass is 540 g/mol. The van der Waals surface area contributed by atoms with E-state index in [0.29, 0.717) is 27.9 Å². The van der Waals surface area contributed by atoms with Crippen LogP contribution in [0.3, 0.4) is 0 Å². The fraction of sp³-hybridized carbons (Fsp3) is 0.222. The molecule has 11 heteroatoms. The van der Waals surface area contributed by atoms with Crippen LogP contribution in [0.25, 0.3) is 22.3 Å². The SMILES string of the molecule is CNC(=O)c1c(-c2ccc(F)cc2)oc2cc(N(Cc3cc(F)c(B(O)O)cc3F)SC)c(C3CC3)cc12. The predicted octanol–water partition coefficient (Wildman–Crippen LogP) is 4.72. The van der Waals surface area contributed by atoms with Gasteiger partial charge in [-0.05, 0) is 66.8 Å². The quantitative estimate of drug-likeness (QED) is 0.222. The van der Waals surface area contributed by atoms with Gasteiger partial charge in [-0.15, -0.1) is 0 Å². The van der Waals surface area contributed by atoms with Crippen LogP contribution in [0.1, 0.15) is 40.2 Å². The van der Waals surface area contributed by atoms with E-state index in [0.717, 1.165) is 36.2 Å². The fourth-order valence-corrected chi connectivity index (χ4v) is 5.19. The number of nitrogens with one attached hydrogen (secondary N) is 1. The van der Waals surface area contributed by atoms with Crippen LogP contribution in [0.4, 0.5) is 18.9 Å². The molecule has 196 valence electrons. The molecule has 0 radical (unpaired) electrons. The second-order valence-electron chi connectivity index (χ2n) is 9.13. The number of furan rings is 1. The molecule has 1 saturated carbocycles. The van der Waals surface area contributed by atoms with Crippen molar-refractivity contribution in [3.63, 3.8) is 0 Å². The van der Waals surface area contributed by atoms with Crippen molar-refractivity contribution < 1.29 is 32.4 Å². The van der Waals surface area contributed by atoms with E-state index in [1.54, 1.807) is 22.5 Å². The minimum Gasteiger partial charge on any atom is -0.455 e. The first-order chi connectivity index (χ1) is 18.2. The molecular weight excluding hydrogens is 516 g/mol.